The van der Waals surface area contributed by atoms with Gasteiger partial charge in [0.25, 0.3) is 0 Å². The van der Waals surface area contributed by atoms with E-state index in [1.165, 1.54) is 0 Å². The molecule has 1 N–H and O–H groups in total. The molecule has 1 aliphatic heterocycles. The zero-order valence-electron chi connectivity index (χ0n) is 8.43. The third-order valence-electron chi connectivity index (χ3n) is 2.63. The molecule has 0 radical (unpaired) electrons. The van der Waals surface area contributed by atoms with E-state index in [4.69, 9.17) is 0 Å². The van der Waals surface area contributed by atoms with E-state index in [1.54, 1.807) is 21.7 Å². The van der Waals surface area contributed by atoms with Gasteiger partial charge in [-0.1, -0.05) is 0 Å². The van der Waals surface area contributed by atoms with Crippen molar-refractivity contribution in [3.63, 3.8) is 0 Å². The summed E-state index contributed by atoms with van der Waals surface area (Å²) in [6.07, 6.45) is 2.20. The van der Waals surface area contributed by atoms with Gasteiger partial charge >= 0.3 is 0 Å². The first-order valence-electron chi connectivity index (χ1n) is 5.12. The Morgan fingerprint density at radius 1 is 1.67 bits per heavy atom. The van der Waals surface area contributed by atoms with Crippen LogP contribution in [0.25, 0.3) is 0 Å². The normalized spacial score (nSPS) is 22.1. The van der Waals surface area contributed by atoms with E-state index in [-0.39, 0.29) is 5.91 Å². The summed E-state index contributed by atoms with van der Waals surface area (Å²) in [6, 6.07) is 0. The number of carbonyl (C=O) groups excluding carboxylic acids is 1. The summed E-state index contributed by atoms with van der Waals surface area (Å²) in [5.41, 5.74) is 2.77. The fourth-order valence-corrected chi connectivity index (χ4v) is 2.36. The molecule has 2 rings (SSSR count). The summed E-state index contributed by atoms with van der Waals surface area (Å²) >= 11 is 1.55. The molecule has 4 nitrogen and oxygen atoms in total. The number of aromatic nitrogens is 1. The zero-order chi connectivity index (χ0) is 10.7. The number of aliphatic hydroxyl groups excluding tert-OH is 1. The number of likely N-dealkylation sites (tertiary alicyclic amines) is 1. The van der Waals surface area contributed by atoms with Crippen molar-refractivity contribution in [2.24, 2.45) is 0 Å². The van der Waals surface area contributed by atoms with Gasteiger partial charge in [-0.05, 0) is 12.8 Å². The molecule has 1 atom stereocenters. The van der Waals surface area contributed by atoms with Gasteiger partial charge < -0.3 is 10.0 Å². The van der Waals surface area contributed by atoms with Gasteiger partial charge in [0.05, 0.1) is 11.2 Å². The van der Waals surface area contributed by atoms with Gasteiger partial charge in [-0.2, -0.15) is 0 Å². The second-order valence-corrected chi connectivity index (χ2v) is 4.41. The van der Waals surface area contributed by atoms with Crippen LogP contribution in [-0.2, 0) is 11.2 Å². The number of amides is 1. The molecule has 0 bridgehead atoms. The summed E-state index contributed by atoms with van der Waals surface area (Å²) in [6.45, 7) is 0.573. The van der Waals surface area contributed by atoms with Crippen molar-refractivity contribution in [1.29, 1.82) is 0 Å². The number of hydrogen-bond acceptors (Lipinski definition) is 4. The number of carbonyl (C=O) groups is 1. The quantitative estimate of drug-likeness (QED) is 0.837. The van der Waals surface area contributed by atoms with Crippen LogP contribution in [0.3, 0.4) is 0 Å². The van der Waals surface area contributed by atoms with Gasteiger partial charge in [-0.3, -0.25) is 4.79 Å². The molecule has 15 heavy (non-hydrogen) atoms. The minimum absolute atomic E-state index is 0.0592. The van der Waals surface area contributed by atoms with E-state index in [2.05, 4.69) is 4.98 Å². The van der Waals surface area contributed by atoms with Crippen LogP contribution in [0.5, 0.6) is 0 Å². The van der Waals surface area contributed by atoms with Crippen molar-refractivity contribution < 1.29 is 9.90 Å². The van der Waals surface area contributed by atoms with Crippen molar-refractivity contribution in [2.75, 3.05) is 6.54 Å². The predicted molar refractivity (Wildman–Crippen MR) is 57.4 cm³/mol. The highest BCUT2D eigenvalue weighted by molar-refractivity contribution is 7.07. The lowest BCUT2D eigenvalue weighted by Crippen LogP contribution is -2.44. The van der Waals surface area contributed by atoms with Crippen molar-refractivity contribution in [3.05, 3.63) is 16.6 Å². The Balaban J connectivity index is 1.89. The van der Waals surface area contributed by atoms with Crippen LogP contribution in [0.15, 0.2) is 10.9 Å². The van der Waals surface area contributed by atoms with E-state index in [9.17, 15) is 9.90 Å². The smallest absolute Gasteiger partial charge is 0.224 e. The zero-order valence-corrected chi connectivity index (χ0v) is 9.24. The third kappa shape index (κ3) is 2.54. The third-order valence-corrected chi connectivity index (χ3v) is 3.26. The van der Waals surface area contributed by atoms with Crippen molar-refractivity contribution >= 4 is 17.2 Å². The Labute approximate surface area is 92.6 Å². The average Bonchev–Trinajstić information content (AvgIpc) is 2.70. The van der Waals surface area contributed by atoms with Gasteiger partial charge in [0.2, 0.25) is 5.91 Å². The molecule has 1 saturated heterocycles. The molecule has 82 valence electrons. The number of hydrogen-bond donors (Lipinski definition) is 1. The fourth-order valence-electron chi connectivity index (χ4n) is 1.77. The molecule has 1 aromatic rings. The number of nitrogens with zero attached hydrogens (tertiary/aromatic N) is 2. The Hall–Kier alpha value is -0.940. The maximum Gasteiger partial charge on any atom is 0.224 e. The maximum absolute atomic E-state index is 11.5. The molecule has 1 aliphatic rings. The average molecular weight is 226 g/mol. The summed E-state index contributed by atoms with van der Waals surface area (Å²) in [7, 11) is 0. The monoisotopic (exact) mass is 226 g/mol. The van der Waals surface area contributed by atoms with Gasteiger partial charge in [-0.25, -0.2) is 4.98 Å². The summed E-state index contributed by atoms with van der Waals surface area (Å²) in [4.78, 5) is 17.2. The summed E-state index contributed by atoms with van der Waals surface area (Å²) in [5.74, 6) is 0.0592. The Morgan fingerprint density at radius 2 is 2.53 bits per heavy atom. The molecule has 1 fully saturated rings. The van der Waals surface area contributed by atoms with Crippen LogP contribution in [0.1, 0.15) is 25.0 Å². The topological polar surface area (TPSA) is 53.4 Å². The number of rotatable bonds is 3. The lowest BCUT2D eigenvalue weighted by molar-refractivity contribution is -0.146. The number of piperidine rings is 1. The van der Waals surface area contributed by atoms with Gasteiger partial charge in [0, 0.05) is 24.8 Å². The van der Waals surface area contributed by atoms with E-state index >= 15 is 0 Å². The molecule has 1 unspecified atom stereocenters. The first kappa shape index (κ1) is 10.6. The molecular weight excluding hydrogens is 212 g/mol. The Kier molecular flexibility index (Phi) is 3.33. The molecule has 1 aromatic heterocycles. The standard InChI is InChI=1S/C10H14N2O2S/c13-9-2-1-3-10(14)12(9)5-4-8-6-15-7-11-8/h6-7,9,13H,1-5H2. The molecule has 0 aromatic carbocycles. The van der Waals surface area contributed by atoms with Gasteiger partial charge in [0.1, 0.15) is 6.23 Å². The Morgan fingerprint density at radius 3 is 3.20 bits per heavy atom. The molecule has 1 amide bonds. The van der Waals surface area contributed by atoms with E-state index < -0.39 is 6.23 Å². The fraction of sp³-hybridized carbons (Fsp3) is 0.600. The second kappa shape index (κ2) is 4.72. The summed E-state index contributed by atoms with van der Waals surface area (Å²) in [5, 5.41) is 11.6. The van der Waals surface area contributed by atoms with Crippen LogP contribution >= 0.6 is 11.3 Å². The number of thiazole rings is 1. The van der Waals surface area contributed by atoms with Crippen molar-refractivity contribution in [1.82, 2.24) is 9.88 Å². The molecule has 0 spiro atoms. The minimum Gasteiger partial charge on any atom is -0.374 e. The highest BCUT2D eigenvalue weighted by Crippen LogP contribution is 2.16. The minimum atomic E-state index is -0.593. The SMILES string of the molecule is O=C1CCCC(O)N1CCc1cscn1. The van der Waals surface area contributed by atoms with E-state index in [0.29, 0.717) is 19.4 Å². The van der Waals surface area contributed by atoms with Crippen LogP contribution in [0.2, 0.25) is 0 Å². The molecule has 0 saturated carbocycles. The van der Waals surface area contributed by atoms with Crippen LogP contribution < -0.4 is 0 Å². The summed E-state index contributed by atoms with van der Waals surface area (Å²) < 4.78 is 0. The second-order valence-electron chi connectivity index (χ2n) is 3.69. The van der Waals surface area contributed by atoms with Crippen molar-refractivity contribution in [3.8, 4) is 0 Å². The predicted octanol–water partition coefficient (Wildman–Crippen LogP) is 1.02. The first-order valence-corrected chi connectivity index (χ1v) is 6.06. The van der Waals surface area contributed by atoms with E-state index in [0.717, 1.165) is 18.5 Å². The van der Waals surface area contributed by atoms with Crippen LogP contribution in [-0.4, -0.2) is 33.7 Å². The molecule has 5 heteroatoms. The lowest BCUT2D eigenvalue weighted by atomic mass is 10.1. The first-order chi connectivity index (χ1) is 7.27. The Bertz CT molecular complexity index is 326. The molecule has 0 aliphatic carbocycles. The largest absolute Gasteiger partial charge is 0.374 e. The molecule has 2 heterocycles. The maximum atomic E-state index is 11.5. The lowest BCUT2D eigenvalue weighted by Gasteiger charge is -2.31. The van der Waals surface area contributed by atoms with E-state index in [1.807, 2.05) is 5.38 Å². The highest BCUT2D eigenvalue weighted by atomic mass is 32.1. The van der Waals surface area contributed by atoms with Crippen LogP contribution in [0, 0.1) is 0 Å². The van der Waals surface area contributed by atoms with Gasteiger partial charge in [-0.15, -0.1) is 11.3 Å². The molecular formula is C10H14N2O2S. The van der Waals surface area contributed by atoms with Gasteiger partial charge in [0.15, 0.2) is 0 Å². The van der Waals surface area contributed by atoms with Crippen LogP contribution in [0.4, 0.5) is 0 Å². The van der Waals surface area contributed by atoms with Crippen molar-refractivity contribution in [2.45, 2.75) is 31.9 Å². The number of aliphatic hydroxyl groups is 1. The highest BCUT2D eigenvalue weighted by Gasteiger charge is 2.25.